The molecule has 98 valence electrons. The highest BCUT2D eigenvalue weighted by molar-refractivity contribution is 6.20. The molecule has 1 unspecified atom stereocenters. The minimum atomic E-state index is 0. The molecule has 0 bridgehead atoms. The number of hydrogen-bond acceptors (Lipinski definition) is 2. The molecule has 2 N–H and O–H groups in total. The topological polar surface area (TPSA) is 32.3 Å². The second-order valence-corrected chi connectivity index (χ2v) is 5.14. The smallest absolute Gasteiger partial charge is 0.115 e. The van der Waals surface area contributed by atoms with E-state index in [-0.39, 0.29) is 17.8 Å². The molecule has 1 rings (SSSR count). The molecule has 17 heavy (non-hydrogen) atoms. The number of rotatable bonds is 6. The average Bonchev–Trinajstić information content (AvgIpc) is 2.21. The third-order valence-electron chi connectivity index (χ3n) is 2.31. The second-order valence-electron chi connectivity index (χ2n) is 4.52. The minimum Gasteiger partial charge on any atom is -0.508 e. The van der Waals surface area contributed by atoms with Crippen LogP contribution in [0.25, 0.3) is 0 Å². The van der Waals surface area contributed by atoms with Gasteiger partial charge < -0.3 is 10.4 Å². The Balaban J connectivity index is 0.00000256. The molecule has 0 aromatic heterocycles. The molecule has 0 saturated carbocycles. The Bertz CT molecular complexity index is 301. The van der Waals surface area contributed by atoms with Crippen LogP contribution in [-0.4, -0.2) is 23.6 Å². The van der Waals surface area contributed by atoms with E-state index in [2.05, 4.69) is 19.2 Å². The van der Waals surface area contributed by atoms with Crippen molar-refractivity contribution in [3.8, 4) is 5.75 Å². The highest BCUT2D eigenvalue weighted by Crippen LogP contribution is 2.13. The number of halogens is 2. The van der Waals surface area contributed by atoms with E-state index < -0.39 is 0 Å². The first kappa shape index (κ1) is 16.6. The first-order valence-electron chi connectivity index (χ1n) is 5.70. The van der Waals surface area contributed by atoms with Gasteiger partial charge in [-0.25, -0.2) is 0 Å². The molecule has 4 heteroatoms. The lowest BCUT2D eigenvalue weighted by Crippen LogP contribution is -2.27. The predicted molar refractivity (Wildman–Crippen MR) is 76.4 cm³/mol. The van der Waals surface area contributed by atoms with E-state index in [0.717, 1.165) is 25.1 Å². The van der Waals surface area contributed by atoms with Gasteiger partial charge >= 0.3 is 0 Å². The summed E-state index contributed by atoms with van der Waals surface area (Å²) < 4.78 is 0. The lowest BCUT2D eigenvalue weighted by Gasteiger charge is -2.12. The van der Waals surface area contributed by atoms with Crippen LogP contribution in [0, 0.1) is 5.92 Å². The fraction of sp³-hybridized carbons (Fsp3) is 0.538. The summed E-state index contributed by atoms with van der Waals surface area (Å²) >= 11 is 6.21. The molecule has 1 aromatic carbocycles. The maximum atomic E-state index is 9.15. The molecule has 0 saturated heterocycles. The zero-order valence-electron chi connectivity index (χ0n) is 10.3. The first-order valence-corrected chi connectivity index (χ1v) is 6.14. The summed E-state index contributed by atoms with van der Waals surface area (Å²) in [4.78, 5) is 0. The Morgan fingerprint density at radius 3 is 2.29 bits per heavy atom. The number of hydrogen-bond donors (Lipinski definition) is 2. The average molecular weight is 278 g/mol. The fourth-order valence-electron chi connectivity index (χ4n) is 1.49. The fourth-order valence-corrected chi connectivity index (χ4v) is 1.78. The van der Waals surface area contributed by atoms with Crippen LogP contribution >= 0.6 is 24.0 Å². The number of phenolic OH excluding ortho intramolecular Hbond substituents is 1. The van der Waals surface area contributed by atoms with Crippen LogP contribution in [0.4, 0.5) is 0 Å². The van der Waals surface area contributed by atoms with Gasteiger partial charge in [0.1, 0.15) is 5.75 Å². The van der Waals surface area contributed by atoms with Crippen molar-refractivity contribution in [2.45, 2.75) is 25.6 Å². The van der Waals surface area contributed by atoms with Gasteiger partial charge in [0, 0.05) is 6.54 Å². The zero-order valence-corrected chi connectivity index (χ0v) is 11.9. The monoisotopic (exact) mass is 277 g/mol. The van der Waals surface area contributed by atoms with Crippen molar-refractivity contribution in [1.29, 1.82) is 0 Å². The highest BCUT2D eigenvalue weighted by Gasteiger charge is 2.06. The Labute approximate surface area is 115 Å². The van der Waals surface area contributed by atoms with Crippen LogP contribution in [0.5, 0.6) is 5.75 Å². The summed E-state index contributed by atoms with van der Waals surface area (Å²) in [6.45, 7) is 6.17. The number of nitrogens with one attached hydrogen (secondary N) is 1. The standard InChI is InChI=1S/C13H20ClNO.ClH/c1-10(2)8-15-9-12(14)7-11-3-5-13(16)6-4-11;/h3-6,10,12,15-16H,7-9H2,1-2H3;1H. The van der Waals surface area contributed by atoms with Crippen molar-refractivity contribution < 1.29 is 5.11 Å². The van der Waals surface area contributed by atoms with E-state index >= 15 is 0 Å². The lowest BCUT2D eigenvalue weighted by atomic mass is 10.1. The molecule has 0 radical (unpaired) electrons. The molecular weight excluding hydrogens is 257 g/mol. The second kappa shape index (κ2) is 8.62. The summed E-state index contributed by atoms with van der Waals surface area (Å²) in [5.74, 6) is 0.949. The van der Waals surface area contributed by atoms with Crippen molar-refractivity contribution in [1.82, 2.24) is 5.32 Å². The number of alkyl halides is 1. The maximum absolute atomic E-state index is 9.15. The third-order valence-corrected chi connectivity index (χ3v) is 2.62. The van der Waals surface area contributed by atoms with E-state index in [1.54, 1.807) is 12.1 Å². The van der Waals surface area contributed by atoms with Gasteiger partial charge in [0.2, 0.25) is 0 Å². The van der Waals surface area contributed by atoms with Gasteiger partial charge in [-0.2, -0.15) is 0 Å². The molecule has 0 amide bonds. The number of benzene rings is 1. The summed E-state index contributed by atoms with van der Waals surface area (Å²) in [5.41, 5.74) is 1.16. The van der Waals surface area contributed by atoms with Gasteiger partial charge in [0.25, 0.3) is 0 Å². The van der Waals surface area contributed by atoms with Gasteiger partial charge in [-0.3, -0.25) is 0 Å². The molecule has 0 aliphatic rings. The van der Waals surface area contributed by atoms with Crippen molar-refractivity contribution in [3.63, 3.8) is 0 Å². The van der Waals surface area contributed by atoms with Crippen LogP contribution < -0.4 is 5.32 Å². The summed E-state index contributed by atoms with van der Waals surface area (Å²) in [5, 5.41) is 12.6. The number of aromatic hydroxyl groups is 1. The van der Waals surface area contributed by atoms with Crippen LogP contribution in [0.1, 0.15) is 19.4 Å². The molecule has 2 nitrogen and oxygen atoms in total. The van der Waals surface area contributed by atoms with Crippen molar-refractivity contribution >= 4 is 24.0 Å². The molecule has 0 spiro atoms. The van der Waals surface area contributed by atoms with E-state index in [1.165, 1.54) is 0 Å². The van der Waals surface area contributed by atoms with E-state index in [1.807, 2.05) is 12.1 Å². The largest absolute Gasteiger partial charge is 0.508 e. The van der Waals surface area contributed by atoms with E-state index in [9.17, 15) is 0 Å². The van der Waals surface area contributed by atoms with Crippen LogP contribution in [0.3, 0.4) is 0 Å². The molecule has 0 fully saturated rings. The summed E-state index contributed by atoms with van der Waals surface area (Å²) in [7, 11) is 0. The Kier molecular flexibility index (Phi) is 8.40. The summed E-state index contributed by atoms with van der Waals surface area (Å²) in [6.07, 6.45) is 0.826. The van der Waals surface area contributed by atoms with Crippen LogP contribution in [0.15, 0.2) is 24.3 Å². The van der Waals surface area contributed by atoms with E-state index in [4.69, 9.17) is 16.7 Å². The zero-order chi connectivity index (χ0) is 12.0. The molecule has 1 aromatic rings. The van der Waals surface area contributed by atoms with Crippen molar-refractivity contribution in [2.75, 3.05) is 13.1 Å². The molecule has 1 atom stereocenters. The summed E-state index contributed by atoms with van der Waals surface area (Å²) in [6, 6.07) is 7.21. The SMILES string of the molecule is CC(C)CNCC(Cl)Cc1ccc(O)cc1.Cl. The van der Waals surface area contributed by atoms with Crippen LogP contribution in [0.2, 0.25) is 0 Å². The quantitative estimate of drug-likeness (QED) is 0.783. The normalized spacial score (nSPS) is 12.2. The van der Waals surface area contributed by atoms with E-state index in [0.29, 0.717) is 11.7 Å². The molecule has 0 aliphatic carbocycles. The first-order chi connectivity index (χ1) is 7.58. The lowest BCUT2D eigenvalue weighted by molar-refractivity contribution is 0.475. The van der Waals surface area contributed by atoms with Gasteiger partial charge in [-0.1, -0.05) is 26.0 Å². The highest BCUT2D eigenvalue weighted by atomic mass is 35.5. The Morgan fingerprint density at radius 1 is 1.18 bits per heavy atom. The maximum Gasteiger partial charge on any atom is 0.115 e. The third kappa shape index (κ3) is 7.48. The predicted octanol–water partition coefficient (Wildman–Crippen LogP) is 3.21. The molecule has 0 aliphatic heterocycles. The minimum absolute atomic E-state index is 0. The van der Waals surface area contributed by atoms with Crippen molar-refractivity contribution in [3.05, 3.63) is 29.8 Å². The van der Waals surface area contributed by atoms with Crippen molar-refractivity contribution in [2.24, 2.45) is 5.92 Å². The van der Waals surface area contributed by atoms with Gasteiger partial charge in [-0.15, -0.1) is 24.0 Å². The van der Waals surface area contributed by atoms with Gasteiger partial charge in [-0.05, 0) is 36.6 Å². The Hall–Kier alpha value is -0.440. The van der Waals surface area contributed by atoms with Gasteiger partial charge in [0.15, 0.2) is 0 Å². The Morgan fingerprint density at radius 2 is 1.76 bits per heavy atom. The van der Waals surface area contributed by atoms with Gasteiger partial charge in [0.05, 0.1) is 5.38 Å². The molecule has 0 heterocycles. The van der Waals surface area contributed by atoms with Crippen LogP contribution in [-0.2, 0) is 6.42 Å². The number of phenols is 1. The molecular formula is C13H21Cl2NO.